The van der Waals surface area contributed by atoms with Crippen LogP contribution in [0.25, 0.3) is 0 Å². The van der Waals surface area contributed by atoms with Gasteiger partial charge in [-0.1, -0.05) is 18.5 Å². The van der Waals surface area contributed by atoms with Gasteiger partial charge in [-0.05, 0) is 45.2 Å². The van der Waals surface area contributed by atoms with Gasteiger partial charge in [0.1, 0.15) is 5.15 Å². The number of aromatic nitrogens is 1. The smallest absolute Gasteiger partial charge is 0.342 e. The zero-order valence-corrected chi connectivity index (χ0v) is 17.6. The molecule has 1 amide bonds. The summed E-state index contributed by atoms with van der Waals surface area (Å²) in [7, 11) is -3.13. The van der Waals surface area contributed by atoms with Gasteiger partial charge in [0.05, 0.1) is 17.1 Å². The van der Waals surface area contributed by atoms with E-state index in [1.807, 2.05) is 13.8 Å². The van der Waals surface area contributed by atoms with Gasteiger partial charge in [0.25, 0.3) is 5.91 Å². The lowest BCUT2D eigenvalue weighted by atomic mass is 10.1. The third kappa shape index (κ3) is 5.19. The largest absolute Gasteiger partial charge is 0.452 e. The van der Waals surface area contributed by atoms with E-state index < -0.39 is 28.3 Å². The zero-order valence-electron chi connectivity index (χ0n) is 16.0. The molecule has 1 aromatic heterocycles. The Bertz CT molecular complexity index is 817. The number of hydrogen-bond acceptors (Lipinski definition) is 6. The first-order valence-electron chi connectivity index (χ1n) is 8.88. The number of esters is 1. The van der Waals surface area contributed by atoms with Crippen LogP contribution in [-0.4, -0.2) is 60.4 Å². The third-order valence-electron chi connectivity index (χ3n) is 4.79. The van der Waals surface area contributed by atoms with Crippen LogP contribution in [0.3, 0.4) is 0 Å². The summed E-state index contributed by atoms with van der Waals surface area (Å²) in [6, 6.07) is 1.17. The monoisotopic (exact) mass is 416 g/mol. The van der Waals surface area contributed by atoms with Gasteiger partial charge in [-0.25, -0.2) is 18.2 Å². The summed E-state index contributed by atoms with van der Waals surface area (Å²) in [5.74, 6) is -1.11. The number of carbonyl (C=O) groups is 2. The van der Waals surface area contributed by atoms with Crippen molar-refractivity contribution in [3.63, 3.8) is 0 Å². The molecule has 7 nitrogen and oxygen atoms in total. The third-order valence-corrected chi connectivity index (χ3v) is 6.81. The van der Waals surface area contributed by atoms with Gasteiger partial charge >= 0.3 is 5.97 Å². The number of halogens is 1. The fourth-order valence-corrected chi connectivity index (χ4v) is 5.38. The van der Waals surface area contributed by atoms with Gasteiger partial charge in [-0.3, -0.25) is 4.79 Å². The Morgan fingerprint density at radius 3 is 2.59 bits per heavy atom. The van der Waals surface area contributed by atoms with Crippen molar-refractivity contribution in [1.82, 2.24) is 9.88 Å². The SMILES string of the molecule is CC[C@@H](C)N(C(=O)COC(=O)c1c(C)cc(C)nc1Cl)[C@H]1CCS(=O)(=O)C1. The maximum atomic E-state index is 12.7. The van der Waals surface area contributed by atoms with E-state index >= 15 is 0 Å². The molecular weight excluding hydrogens is 392 g/mol. The highest BCUT2D eigenvalue weighted by Gasteiger charge is 2.36. The molecule has 2 rings (SSSR count). The lowest BCUT2D eigenvalue weighted by molar-refractivity contribution is -0.138. The average molecular weight is 417 g/mol. The van der Waals surface area contributed by atoms with E-state index in [1.54, 1.807) is 24.8 Å². The summed E-state index contributed by atoms with van der Waals surface area (Å²) in [6.07, 6.45) is 1.07. The van der Waals surface area contributed by atoms with Crippen LogP contribution in [-0.2, 0) is 19.4 Å². The molecular formula is C18H25ClN2O5S. The minimum atomic E-state index is -3.13. The van der Waals surface area contributed by atoms with Gasteiger partial charge in [0.2, 0.25) is 0 Å². The van der Waals surface area contributed by atoms with Crippen LogP contribution in [0.1, 0.15) is 48.3 Å². The van der Waals surface area contributed by atoms with E-state index in [0.717, 1.165) is 0 Å². The summed E-state index contributed by atoms with van der Waals surface area (Å²) >= 11 is 6.04. The molecule has 0 unspecified atom stereocenters. The first-order chi connectivity index (χ1) is 12.6. The van der Waals surface area contributed by atoms with Gasteiger partial charge < -0.3 is 9.64 Å². The summed E-state index contributed by atoms with van der Waals surface area (Å²) < 4.78 is 28.7. The minimum absolute atomic E-state index is 0.0330. The number of ether oxygens (including phenoxy) is 1. The van der Waals surface area contributed by atoms with Crippen molar-refractivity contribution in [3.05, 3.63) is 28.0 Å². The predicted octanol–water partition coefficient (Wildman–Crippen LogP) is 2.32. The summed E-state index contributed by atoms with van der Waals surface area (Å²) in [5.41, 5.74) is 1.43. The lowest BCUT2D eigenvalue weighted by Gasteiger charge is -2.33. The number of sulfone groups is 1. The van der Waals surface area contributed by atoms with Crippen LogP contribution in [0.5, 0.6) is 0 Å². The Morgan fingerprint density at radius 2 is 2.07 bits per heavy atom. The Morgan fingerprint density at radius 1 is 1.41 bits per heavy atom. The first kappa shape index (κ1) is 21.6. The molecule has 1 fully saturated rings. The second-order valence-electron chi connectivity index (χ2n) is 6.94. The van der Waals surface area contributed by atoms with Crippen molar-refractivity contribution in [3.8, 4) is 0 Å². The van der Waals surface area contributed by atoms with E-state index in [-0.39, 0.29) is 34.3 Å². The second kappa shape index (κ2) is 8.56. The maximum absolute atomic E-state index is 12.7. The second-order valence-corrected chi connectivity index (χ2v) is 9.52. The van der Waals surface area contributed by atoms with E-state index in [0.29, 0.717) is 24.1 Å². The van der Waals surface area contributed by atoms with Crippen molar-refractivity contribution >= 4 is 33.3 Å². The number of hydrogen-bond donors (Lipinski definition) is 0. The first-order valence-corrected chi connectivity index (χ1v) is 11.1. The van der Waals surface area contributed by atoms with Crippen LogP contribution in [0, 0.1) is 13.8 Å². The topological polar surface area (TPSA) is 93.6 Å². The van der Waals surface area contributed by atoms with Crippen LogP contribution in [0.2, 0.25) is 5.15 Å². The molecule has 0 aliphatic carbocycles. The molecule has 2 atom stereocenters. The maximum Gasteiger partial charge on any atom is 0.342 e. The van der Waals surface area contributed by atoms with Gasteiger partial charge in [0.15, 0.2) is 16.4 Å². The van der Waals surface area contributed by atoms with Gasteiger partial charge in [0, 0.05) is 17.8 Å². The van der Waals surface area contributed by atoms with Gasteiger partial charge in [-0.15, -0.1) is 0 Å². The minimum Gasteiger partial charge on any atom is -0.452 e. The highest BCUT2D eigenvalue weighted by atomic mass is 35.5. The Hall–Kier alpha value is -1.67. The van der Waals surface area contributed by atoms with Gasteiger partial charge in [-0.2, -0.15) is 0 Å². The van der Waals surface area contributed by atoms with Crippen LogP contribution < -0.4 is 0 Å². The van der Waals surface area contributed by atoms with Crippen molar-refractivity contribution in [1.29, 1.82) is 0 Å². The molecule has 1 aromatic rings. The number of carbonyl (C=O) groups excluding carboxylic acids is 2. The highest BCUT2D eigenvalue weighted by Crippen LogP contribution is 2.23. The summed E-state index contributed by atoms with van der Waals surface area (Å²) in [6.45, 7) is 6.78. The number of amides is 1. The molecule has 150 valence electrons. The fourth-order valence-electron chi connectivity index (χ4n) is 3.31. The van der Waals surface area contributed by atoms with Crippen LogP contribution >= 0.6 is 11.6 Å². The van der Waals surface area contributed by atoms with Crippen LogP contribution in [0.4, 0.5) is 0 Å². The lowest BCUT2D eigenvalue weighted by Crippen LogP contribution is -2.48. The highest BCUT2D eigenvalue weighted by molar-refractivity contribution is 7.91. The predicted molar refractivity (Wildman–Crippen MR) is 103 cm³/mol. The van der Waals surface area contributed by atoms with Crippen molar-refractivity contribution in [2.45, 2.75) is 52.6 Å². The van der Waals surface area contributed by atoms with E-state index in [1.165, 1.54) is 0 Å². The molecule has 0 radical (unpaired) electrons. The van der Waals surface area contributed by atoms with Crippen LogP contribution in [0.15, 0.2) is 6.07 Å². The molecule has 27 heavy (non-hydrogen) atoms. The van der Waals surface area contributed by atoms with E-state index in [2.05, 4.69) is 4.98 Å². The molecule has 0 aromatic carbocycles. The normalized spacial score (nSPS) is 19.5. The standard InChI is InChI=1S/C18H25ClN2O5S/c1-5-13(4)21(14-6-7-27(24,25)10-14)15(22)9-26-18(23)16-11(2)8-12(3)20-17(16)19/h8,13-14H,5-7,9-10H2,1-4H3/t13-,14+/m1/s1. The molecule has 0 saturated carbocycles. The molecule has 0 bridgehead atoms. The molecule has 2 heterocycles. The Balaban J connectivity index is 2.11. The van der Waals surface area contributed by atoms with Crippen molar-refractivity contribution in [2.24, 2.45) is 0 Å². The number of pyridine rings is 1. The number of rotatable bonds is 6. The molecule has 0 N–H and O–H groups in total. The summed E-state index contributed by atoms with van der Waals surface area (Å²) in [5, 5.41) is 0.0330. The molecule has 1 saturated heterocycles. The quantitative estimate of drug-likeness (QED) is 0.521. The molecule has 0 spiro atoms. The average Bonchev–Trinajstić information content (AvgIpc) is 2.91. The molecule has 9 heteroatoms. The number of nitrogens with zero attached hydrogens (tertiary/aromatic N) is 2. The zero-order chi connectivity index (χ0) is 20.4. The molecule has 1 aliphatic rings. The fraction of sp³-hybridized carbons (Fsp3) is 0.611. The Labute approximate surface area is 165 Å². The summed E-state index contributed by atoms with van der Waals surface area (Å²) in [4.78, 5) is 30.7. The molecule has 1 aliphatic heterocycles. The van der Waals surface area contributed by atoms with Crippen molar-refractivity contribution < 1.29 is 22.7 Å². The van der Waals surface area contributed by atoms with E-state index in [9.17, 15) is 18.0 Å². The van der Waals surface area contributed by atoms with E-state index in [4.69, 9.17) is 16.3 Å². The van der Waals surface area contributed by atoms with Crippen molar-refractivity contribution in [2.75, 3.05) is 18.1 Å². The number of aryl methyl sites for hydroxylation is 2. The Kier molecular flexibility index (Phi) is 6.86.